The van der Waals surface area contributed by atoms with E-state index in [9.17, 15) is 14.7 Å². The molecule has 0 amide bonds. The predicted octanol–water partition coefficient (Wildman–Crippen LogP) is 12.3. The number of ether oxygens (including phenoxy) is 1. The Bertz CT molecular complexity index is 2480. The number of nitrogens with zero attached hydrogens (tertiary/aromatic N) is 3. The number of hydrogen-bond donors (Lipinski definition) is 1. The fourth-order valence-corrected chi connectivity index (χ4v) is 7.64. The van der Waals surface area contributed by atoms with Crippen LogP contribution in [0.5, 0.6) is 0 Å². The molecule has 7 rings (SSSR count). The summed E-state index contributed by atoms with van der Waals surface area (Å²) in [5, 5.41) is 13.6. The van der Waals surface area contributed by atoms with Crippen molar-refractivity contribution in [3.8, 4) is 11.3 Å². The van der Waals surface area contributed by atoms with Gasteiger partial charge in [-0.3, -0.25) is 4.98 Å². The molecule has 0 radical (unpaired) electrons. The topological polar surface area (TPSA) is 86.3 Å². The van der Waals surface area contributed by atoms with Crippen LogP contribution < -0.4 is 0 Å². The molecule has 0 saturated carbocycles. The Labute approximate surface area is 334 Å². The predicted molar refractivity (Wildman–Crippen MR) is 218 cm³/mol. The van der Waals surface area contributed by atoms with E-state index in [1.54, 1.807) is 31.3 Å². The highest BCUT2D eigenvalue weighted by Crippen LogP contribution is 2.35. The molecule has 3 aromatic heterocycles. The minimum atomic E-state index is -0.935. The second-order valence-electron chi connectivity index (χ2n) is 12.0. The van der Waals surface area contributed by atoms with Crippen molar-refractivity contribution in [3.63, 3.8) is 0 Å². The number of carbonyl (C=O) groups excluding carboxylic acids is 1. The lowest BCUT2D eigenvalue weighted by atomic mass is 10.1. The van der Waals surface area contributed by atoms with Crippen LogP contribution in [-0.2, 0) is 24.2 Å². The summed E-state index contributed by atoms with van der Waals surface area (Å²) >= 11 is 27.8. The third kappa shape index (κ3) is 8.13. The van der Waals surface area contributed by atoms with Crippen molar-refractivity contribution in [2.24, 2.45) is 0 Å². The first-order valence-corrected chi connectivity index (χ1v) is 18.9. The zero-order valence-electron chi connectivity index (χ0n) is 28.5. The van der Waals surface area contributed by atoms with Gasteiger partial charge in [0.15, 0.2) is 0 Å². The number of aromatic carboxylic acids is 1. The lowest BCUT2D eigenvalue weighted by molar-refractivity contribution is 0.0514. The Morgan fingerprint density at radius 1 is 0.755 bits per heavy atom. The van der Waals surface area contributed by atoms with E-state index >= 15 is 0 Å². The smallest absolute Gasteiger partial charge is 0.354 e. The van der Waals surface area contributed by atoms with Gasteiger partial charge in [-0.25, -0.2) is 9.59 Å². The van der Waals surface area contributed by atoms with E-state index in [1.165, 1.54) is 0 Å². The molecular formula is C41H32BrCl4N3O4. The second-order valence-corrected chi connectivity index (χ2v) is 14.5. The summed E-state index contributed by atoms with van der Waals surface area (Å²) in [4.78, 5) is 29.1. The lowest BCUT2D eigenvalue weighted by Crippen LogP contribution is -2.12. The number of pyridine rings is 1. The van der Waals surface area contributed by atoms with Crippen LogP contribution in [0.1, 0.15) is 51.5 Å². The Balaban J connectivity index is 0.000000185. The Morgan fingerprint density at radius 2 is 1.40 bits per heavy atom. The Hall–Kier alpha value is -4.31. The average Bonchev–Trinajstić information content (AvgIpc) is 3.68. The van der Waals surface area contributed by atoms with Crippen LogP contribution in [0.15, 0.2) is 108 Å². The molecule has 12 heteroatoms. The third-order valence-corrected chi connectivity index (χ3v) is 10.9. The number of halogens is 5. The van der Waals surface area contributed by atoms with Crippen molar-refractivity contribution in [1.82, 2.24) is 14.1 Å². The van der Waals surface area contributed by atoms with E-state index < -0.39 is 5.97 Å². The van der Waals surface area contributed by atoms with Crippen LogP contribution in [0.25, 0.3) is 33.1 Å². The van der Waals surface area contributed by atoms with Gasteiger partial charge in [0.05, 0.1) is 37.9 Å². The summed E-state index contributed by atoms with van der Waals surface area (Å²) in [5.74, 6) is -1.30. The molecule has 4 aromatic carbocycles. The molecule has 0 atom stereocenters. The molecule has 7 nitrogen and oxygen atoms in total. The van der Waals surface area contributed by atoms with E-state index in [2.05, 4.69) is 20.9 Å². The van der Waals surface area contributed by atoms with Crippen LogP contribution >= 0.6 is 62.3 Å². The first kappa shape index (κ1) is 38.4. The maximum Gasteiger partial charge on any atom is 0.354 e. The minimum Gasteiger partial charge on any atom is -0.477 e. The fraction of sp³-hybridized carbons (Fsp3) is 0.146. The number of aryl methyl sites for hydroxylation is 1. The molecule has 7 aromatic rings. The quantitative estimate of drug-likeness (QED) is 0.146. The largest absolute Gasteiger partial charge is 0.477 e. The molecule has 1 N–H and O–H groups in total. The fourth-order valence-electron chi connectivity index (χ4n) is 6.41. The third-order valence-electron chi connectivity index (χ3n) is 8.72. The number of aromatic nitrogens is 3. The highest BCUT2D eigenvalue weighted by molar-refractivity contribution is 9.10. The Kier molecular flexibility index (Phi) is 12.2. The van der Waals surface area contributed by atoms with Gasteiger partial charge in [-0.2, -0.15) is 0 Å². The van der Waals surface area contributed by atoms with Crippen molar-refractivity contribution in [1.29, 1.82) is 0 Å². The first-order valence-electron chi connectivity index (χ1n) is 16.6. The number of carboxylic acids is 1. The molecule has 270 valence electrons. The van der Waals surface area contributed by atoms with Gasteiger partial charge in [0.25, 0.3) is 0 Å². The van der Waals surface area contributed by atoms with Crippen LogP contribution in [0.2, 0.25) is 20.1 Å². The van der Waals surface area contributed by atoms with Crippen molar-refractivity contribution in [3.05, 3.63) is 156 Å². The van der Waals surface area contributed by atoms with E-state index in [1.807, 2.05) is 94.9 Å². The highest BCUT2D eigenvalue weighted by Gasteiger charge is 2.23. The Morgan fingerprint density at radius 3 is 1.98 bits per heavy atom. The standard InChI is InChI=1S/C23H18Cl2N2O2.C18H14BrCl2NO2/c1-2-29-23(28)22-13-17-16(20-7-3-4-11-26-20)6-5-8-21(17)27(22)14-15-9-10-18(24)19(25)12-15;1-2-11-16-12(19)4-3-5-15(16)22(17(11)18(23)24)9-10-6-7-13(20)14(21)8-10/h3-13H,2,14H2,1H3;3-8H,2,9H2,1H3,(H,23,24). The molecule has 0 bridgehead atoms. The van der Waals surface area contributed by atoms with Gasteiger partial charge in [0.2, 0.25) is 0 Å². The van der Waals surface area contributed by atoms with Crippen LogP contribution in [0.3, 0.4) is 0 Å². The monoisotopic (exact) mass is 849 g/mol. The average molecular weight is 852 g/mol. The van der Waals surface area contributed by atoms with Crippen molar-refractivity contribution in [2.75, 3.05) is 6.61 Å². The molecule has 53 heavy (non-hydrogen) atoms. The molecule has 3 heterocycles. The molecule has 0 fully saturated rings. The summed E-state index contributed by atoms with van der Waals surface area (Å²) in [5.41, 5.74) is 7.05. The summed E-state index contributed by atoms with van der Waals surface area (Å²) in [6.45, 7) is 4.93. The first-order chi connectivity index (χ1) is 25.5. The zero-order chi connectivity index (χ0) is 37.8. The van der Waals surface area contributed by atoms with Crippen LogP contribution in [-0.4, -0.2) is 37.8 Å². The summed E-state index contributed by atoms with van der Waals surface area (Å²) in [6.07, 6.45) is 2.39. The van der Waals surface area contributed by atoms with Crippen LogP contribution in [0, 0.1) is 0 Å². The van der Waals surface area contributed by atoms with Gasteiger partial charge in [-0.1, -0.05) is 106 Å². The molecule has 0 saturated heterocycles. The van der Waals surface area contributed by atoms with E-state index in [0.717, 1.165) is 54.2 Å². The number of rotatable bonds is 9. The van der Waals surface area contributed by atoms with Crippen molar-refractivity contribution in [2.45, 2.75) is 33.4 Å². The normalized spacial score (nSPS) is 11.1. The van der Waals surface area contributed by atoms with Gasteiger partial charge in [-0.15, -0.1) is 0 Å². The minimum absolute atomic E-state index is 0.306. The molecule has 0 aliphatic rings. The second kappa shape index (κ2) is 16.8. The molecule has 0 spiro atoms. The number of carboxylic acid groups (broad SMARTS) is 1. The van der Waals surface area contributed by atoms with Gasteiger partial charge in [0.1, 0.15) is 11.4 Å². The van der Waals surface area contributed by atoms with E-state index in [-0.39, 0.29) is 5.97 Å². The maximum absolute atomic E-state index is 12.7. The zero-order valence-corrected chi connectivity index (χ0v) is 33.2. The van der Waals surface area contributed by atoms with Gasteiger partial charge < -0.3 is 19.0 Å². The van der Waals surface area contributed by atoms with Crippen molar-refractivity contribution < 1.29 is 19.4 Å². The summed E-state index contributed by atoms with van der Waals surface area (Å²) in [7, 11) is 0. The molecule has 0 aliphatic carbocycles. The van der Waals surface area contributed by atoms with E-state index in [4.69, 9.17) is 51.1 Å². The van der Waals surface area contributed by atoms with Gasteiger partial charge in [-0.05, 0) is 90.7 Å². The number of esters is 1. The lowest BCUT2D eigenvalue weighted by Gasteiger charge is -2.11. The SMILES string of the molecule is CCOC(=O)c1cc2c(-c3ccccn3)cccc2n1Cc1ccc(Cl)c(Cl)c1.CCc1c(C(=O)O)n(Cc2ccc(Cl)c(Cl)c2)c2cccc(Br)c12. The molecule has 0 unspecified atom stereocenters. The van der Waals surface area contributed by atoms with Crippen molar-refractivity contribution >= 4 is 96.1 Å². The van der Waals surface area contributed by atoms with Gasteiger partial charge in [0, 0.05) is 45.6 Å². The van der Waals surface area contributed by atoms with E-state index in [0.29, 0.717) is 57.6 Å². The summed E-state index contributed by atoms with van der Waals surface area (Å²) in [6, 6.07) is 30.2. The molecular weight excluding hydrogens is 820 g/mol. The maximum atomic E-state index is 12.7. The number of hydrogen-bond acceptors (Lipinski definition) is 4. The number of carbonyl (C=O) groups is 2. The van der Waals surface area contributed by atoms with Crippen LogP contribution in [0.4, 0.5) is 0 Å². The summed E-state index contributed by atoms with van der Waals surface area (Å²) < 4.78 is 9.96. The number of fused-ring (bicyclic) bond motifs is 2. The highest BCUT2D eigenvalue weighted by atomic mass is 79.9. The number of benzene rings is 4. The van der Waals surface area contributed by atoms with Gasteiger partial charge >= 0.3 is 11.9 Å². The molecule has 0 aliphatic heterocycles.